The molecule has 0 radical (unpaired) electrons. The first-order valence-electron chi connectivity index (χ1n) is 9.82. The van der Waals surface area contributed by atoms with E-state index in [0.717, 1.165) is 49.3 Å². The molecule has 1 saturated carbocycles. The maximum absolute atomic E-state index is 12.3. The van der Waals surface area contributed by atoms with Crippen LogP contribution in [0.2, 0.25) is 0 Å². The summed E-state index contributed by atoms with van der Waals surface area (Å²) in [6, 6.07) is 14.4. The van der Waals surface area contributed by atoms with Gasteiger partial charge in [0.05, 0.1) is 7.11 Å². The molecular weight excluding hydrogens is 381 g/mol. The van der Waals surface area contributed by atoms with Gasteiger partial charge in [0.2, 0.25) is 0 Å². The van der Waals surface area contributed by atoms with Gasteiger partial charge in [0, 0.05) is 26.2 Å². The van der Waals surface area contributed by atoms with Crippen LogP contribution in [0.5, 0.6) is 11.5 Å². The number of hydrogen-bond donors (Lipinski definition) is 1. The molecule has 1 aliphatic carbocycles. The number of ether oxygens (including phenoxy) is 2. The largest absolute Gasteiger partial charge is 0.573 e. The van der Waals surface area contributed by atoms with E-state index in [4.69, 9.17) is 4.74 Å². The quantitative estimate of drug-likeness (QED) is 0.717. The van der Waals surface area contributed by atoms with Crippen LogP contribution < -0.4 is 14.8 Å². The van der Waals surface area contributed by atoms with Crippen LogP contribution in [0, 0.1) is 17.8 Å². The Balaban J connectivity index is 1.18. The van der Waals surface area contributed by atoms with E-state index in [1.54, 1.807) is 19.2 Å². The van der Waals surface area contributed by atoms with Crippen molar-refractivity contribution in [2.75, 3.05) is 26.7 Å². The molecule has 2 fully saturated rings. The first-order chi connectivity index (χ1) is 13.9. The molecule has 0 spiro atoms. The second-order valence-electron chi connectivity index (χ2n) is 7.86. The first kappa shape index (κ1) is 20.0. The van der Waals surface area contributed by atoms with Crippen molar-refractivity contribution >= 4 is 0 Å². The molecule has 4 rings (SSSR count). The molecule has 4 nitrogen and oxygen atoms in total. The molecule has 1 N–H and O–H groups in total. The van der Waals surface area contributed by atoms with Crippen LogP contribution in [0.25, 0.3) is 0 Å². The number of nitrogens with one attached hydrogen (secondary N) is 1. The van der Waals surface area contributed by atoms with Gasteiger partial charge in [-0.3, -0.25) is 4.90 Å². The normalized spacial score (nSPS) is 23.7. The molecule has 2 aliphatic rings. The molecule has 0 aromatic heterocycles. The van der Waals surface area contributed by atoms with Crippen molar-refractivity contribution in [3.05, 3.63) is 59.7 Å². The summed E-state index contributed by atoms with van der Waals surface area (Å²) in [5.41, 5.74) is 2.08. The Morgan fingerprint density at radius 3 is 2.38 bits per heavy atom. The average molecular weight is 406 g/mol. The zero-order valence-corrected chi connectivity index (χ0v) is 16.3. The molecule has 1 saturated heterocycles. The Morgan fingerprint density at radius 2 is 1.72 bits per heavy atom. The fourth-order valence-corrected chi connectivity index (χ4v) is 4.39. The summed E-state index contributed by atoms with van der Waals surface area (Å²) >= 11 is 0. The molecule has 2 aromatic carbocycles. The Labute approximate surface area is 168 Å². The van der Waals surface area contributed by atoms with E-state index < -0.39 is 6.36 Å². The average Bonchev–Trinajstić information content (AvgIpc) is 3.12. The number of halogens is 3. The zero-order chi connectivity index (χ0) is 20.4. The third kappa shape index (κ3) is 5.22. The highest BCUT2D eigenvalue weighted by molar-refractivity contribution is 5.29. The van der Waals surface area contributed by atoms with Crippen LogP contribution in [-0.4, -0.2) is 38.0 Å². The predicted octanol–water partition coefficient (Wildman–Crippen LogP) is 4.06. The van der Waals surface area contributed by atoms with Crippen molar-refractivity contribution in [3.63, 3.8) is 0 Å². The van der Waals surface area contributed by atoms with Gasteiger partial charge in [-0.25, -0.2) is 0 Å². The summed E-state index contributed by atoms with van der Waals surface area (Å²) in [5, 5.41) is 3.39. The van der Waals surface area contributed by atoms with Crippen molar-refractivity contribution in [1.82, 2.24) is 10.2 Å². The fourth-order valence-electron chi connectivity index (χ4n) is 4.39. The van der Waals surface area contributed by atoms with Crippen LogP contribution in [0.4, 0.5) is 13.2 Å². The number of methoxy groups -OCH3 is 1. The third-order valence-corrected chi connectivity index (χ3v) is 5.85. The summed E-state index contributed by atoms with van der Waals surface area (Å²) in [5.74, 6) is 2.81. The Hall–Kier alpha value is -2.25. The van der Waals surface area contributed by atoms with E-state index in [1.165, 1.54) is 17.7 Å². The lowest BCUT2D eigenvalue weighted by molar-refractivity contribution is -0.274. The molecule has 0 bridgehead atoms. The minimum absolute atomic E-state index is 0.172. The standard InChI is InChI=1S/C22H25F3N2O2/c1-28-17-7-5-15(6-8-17)12-27-13-20-19(21(20)14-27)11-26-10-16-3-2-4-18(9-16)29-22(23,24)25/h2-9,19-21,26H,10-14H2,1H3. The topological polar surface area (TPSA) is 33.7 Å². The van der Waals surface area contributed by atoms with Gasteiger partial charge in [0.1, 0.15) is 11.5 Å². The van der Waals surface area contributed by atoms with Crippen LogP contribution in [0.1, 0.15) is 11.1 Å². The summed E-state index contributed by atoms with van der Waals surface area (Å²) in [6.07, 6.45) is -4.66. The lowest BCUT2D eigenvalue weighted by Gasteiger charge is -2.20. The van der Waals surface area contributed by atoms with Crippen LogP contribution >= 0.6 is 0 Å². The Morgan fingerprint density at radius 1 is 1.00 bits per heavy atom. The maximum atomic E-state index is 12.3. The van der Waals surface area contributed by atoms with E-state index in [0.29, 0.717) is 12.5 Å². The second kappa shape index (κ2) is 8.24. The highest BCUT2D eigenvalue weighted by Gasteiger charge is 2.54. The lowest BCUT2D eigenvalue weighted by atomic mass is 10.2. The smallest absolute Gasteiger partial charge is 0.497 e. The summed E-state index contributed by atoms with van der Waals surface area (Å²) in [6.45, 7) is 4.62. The molecule has 7 heteroatoms. The highest BCUT2D eigenvalue weighted by Crippen LogP contribution is 2.51. The van der Waals surface area contributed by atoms with Gasteiger partial charge in [-0.05, 0) is 59.7 Å². The van der Waals surface area contributed by atoms with Gasteiger partial charge in [-0.15, -0.1) is 13.2 Å². The molecular formula is C22H25F3N2O2. The second-order valence-corrected chi connectivity index (χ2v) is 7.86. The minimum Gasteiger partial charge on any atom is -0.497 e. The van der Waals surface area contributed by atoms with Crippen LogP contribution in [0.3, 0.4) is 0 Å². The van der Waals surface area contributed by atoms with Crippen molar-refractivity contribution in [2.45, 2.75) is 19.5 Å². The van der Waals surface area contributed by atoms with E-state index in [2.05, 4.69) is 27.1 Å². The van der Waals surface area contributed by atoms with Crippen molar-refractivity contribution in [2.24, 2.45) is 17.8 Å². The fraction of sp³-hybridized carbons (Fsp3) is 0.455. The summed E-state index contributed by atoms with van der Waals surface area (Å²) in [4.78, 5) is 2.49. The van der Waals surface area contributed by atoms with Gasteiger partial charge in [0.25, 0.3) is 0 Å². The number of likely N-dealkylation sites (tertiary alicyclic amines) is 1. The highest BCUT2D eigenvalue weighted by atomic mass is 19.4. The van der Waals surface area contributed by atoms with E-state index in [-0.39, 0.29) is 5.75 Å². The number of hydrogen-bond acceptors (Lipinski definition) is 4. The summed E-state index contributed by atoms with van der Waals surface area (Å²) < 4.78 is 46.2. The molecule has 0 amide bonds. The van der Waals surface area contributed by atoms with E-state index >= 15 is 0 Å². The molecule has 156 valence electrons. The van der Waals surface area contributed by atoms with Gasteiger partial charge >= 0.3 is 6.36 Å². The van der Waals surface area contributed by atoms with Crippen molar-refractivity contribution in [3.8, 4) is 11.5 Å². The molecule has 1 heterocycles. The zero-order valence-electron chi connectivity index (χ0n) is 16.3. The number of benzene rings is 2. The number of alkyl halides is 3. The Kier molecular flexibility index (Phi) is 5.69. The molecule has 29 heavy (non-hydrogen) atoms. The first-order valence-corrected chi connectivity index (χ1v) is 9.82. The monoisotopic (exact) mass is 406 g/mol. The molecule has 1 aliphatic heterocycles. The Bertz CT molecular complexity index is 814. The molecule has 2 aromatic rings. The predicted molar refractivity (Wildman–Crippen MR) is 104 cm³/mol. The third-order valence-electron chi connectivity index (χ3n) is 5.85. The molecule has 2 unspecified atom stereocenters. The number of nitrogens with zero attached hydrogens (tertiary/aromatic N) is 1. The molecule has 2 atom stereocenters. The maximum Gasteiger partial charge on any atom is 0.573 e. The number of rotatable bonds is 8. The van der Waals surface area contributed by atoms with Crippen molar-refractivity contribution in [1.29, 1.82) is 0 Å². The summed E-state index contributed by atoms with van der Waals surface area (Å²) in [7, 11) is 1.67. The van der Waals surface area contributed by atoms with Crippen molar-refractivity contribution < 1.29 is 22.6 Å². The van der Waals surface area contributed by atoms with Crippen LogP contribution in [0.15, 0.2) is 48.5 Å². The van der Waals surface area contributed by atoms with Gasteiger partial charge in [-0.1, -0.05) is 24.3 Å². The van der Waals surface area contributed by atoms with Crippen LogP contribution in [-0.2, 0) is 13.1 Å². The number of fused-ring (bicyclic) bond motifs is 1. The van der Waals surface area contributed by atoms with E-state index in [9.17, 15) is 13.2 Å². The van der Waals surface area contributed by atoms with Gasteiger partial charge < -0.3 is 14.8 Å². The van der Waals surface area contributed by atoms with Gasteiger partial charge in [0.15, 0.2) is 0 Å². The number of piperidine rings is 1. The SMILES string of the molecule is COc1ccc(CN2CC3C(CNCc4cccc(OC(F)(F)F)c4)C3C2)cc1. The van der Waals surface area contributed by atoms with E-state index in [1.807, 2.05) is 12.1 Å². The minimum atomic E-state index is -4.66. The lowest BCUT2D eigenvalue weighted by Crippen LogP contribution is -2.27. The van der Waals surface area contributed by atoms with Gasteiger partial charge in [-0.2, -0.15) is 0 Å².